The van der Waals surface area contributed by atoms with E-state index < -0.39 is 9.84 Å². The molecule has 3 aromatic heterocycles. The van der Waals surface area contributed by atoms with Gasteiger partial charge in [0.25, 0.3) is 10.9 Å². The van der Waals surface area contributed by atoms with Crippen LogP contribution in [0.25, 0.3) is 17.2 Å². The molecule has 3 aromatic rings. The SMILES string of the molecule is Cc1cc(-c2nc3nc(S(C)(=O)=O)nc(N)n3n2)ccn1. The molecule has 0 aliphatic carbocycles. The van der Waals surface area contributed by atoms with Crippen LogP contribution in [0.1, 0.15) is 5.69 Å². The van der Waals surface area contributed by atoms with Gasteiger partial charge in [0, 0.05) is 23.7 Å². The molecule has 3 heterocycles. The quantitative estimate of drug-likeness (QED) is 0.693. The molecule has 0 aromatic carbocycles. The van der Waals surface area contributed by atoms with Crippen LogP contribution in [0.15, 0.2) is 23.5 Å². The molecule has 21 heavy (non-hydrogen) atoms. The van der Waals surface area contributed by atoms with E-state index in [1.807, 2.05) is 6.92 Å². The van der Waals surface area contributed by atoms with E-state index >= 15 is 0 Å². The molecular weight excluding hydrogens is 294 g/mol. The normalized spacial score (nSPS) is 11.9. The molecule has 0 radical (unpaired) electrons. The Hall–Kier alpha value is -2.62. The average molecular weight is 305 g/mol. The Kier molecular flexibility index (Phi) is 2.83. The number of nitrogen functional groups attached to an aromatic ring is 1. The van der Waals surface area contributed by atoms with Crippen molar-refractivity contribution in [2.24, 2.45) is 0 Å². The summed E-state index contributed by atoms with van der Waals surface area (Å²) < 4.78 is 24.2. The van der Waals surface area contributed by atoms with Crippen molar-refractivity contribution in [1.29, 1.82) is 0 Å². The van der Waals surface area contributed by atoms with E-state index in [-0.39, 0.29) is 16.9 Å². The van der Waals surface area contributed by atoms with Gasteiger partial charge in [-0.3, -0.25) is 4.98 Å². The van der Waals surface area contributed by atoms with Gasteiger partial charge in [-0.1, -0.05) is 0 Å². The number of pyridine rings is 1. The van der Waals surface area contributed by atoms with Crippen LogP contribution in [0.2, 0.25) is 0 Å². The maximum absolute atomic E-state index is 11.5. The molecule has 3 rings (SSSR count). The van der Waals surface area contributed by atoms with E-state index in [1.54, 1.807) is 18.3 Å². The number of rotatable bonds is 2. The Morgan fingerprint density at radius 1 is 1.24 bits per heavy atom. The fourth-order valence-electron chi connectivity index (χ4n) is 1.76. The van der Waals surface area contributed by atoms with Crippen molar-refractivity contribution in [2.45, 2.75) is 12.1 Å². The Bertz CT molecular complexity index is 948. The van der Waals surface area contributed by atoms with Crippen LogP contribution in [-0.2, 0) is 9.84 Å². The van der Waals surface area contributed by atoms with Gasteiger partial charge >= 0.3 is 0 Å². The second-order valence-electron chi connectivity index (χ2n) is 4.47. The molecule has 0 aliphatic heterocycles. The summed E-state index contributed by atoms with van der Waals surface area (Å²) >= 11 is 0. The topological polar surface area (TPSA) is 129 Å². The lowest BCUT2D eigenvalue weighted by Crippen LogP contribution is -2.11. The van der Waals surface area contributed by atoms with Crippen molar-refractivity contribution in [2.75, 3.05) is 12.0 Å². The molecule has 0 bridgehead atoms. The smallest absolute Gasteiger partial charge is 0.258 e. The third kappa shape index (κ3) is 2.40. The van der Waals surface area contributed by atoms with Crippen molar-refractivity contribution in [3.63, 3.8) is 0 Å². The number of aryl methyl sites for hydroxylation is 1. The van der Waals surface area contributed by atoms with Crippen molar-refractivity contribution >= 4 is 21.6 Å². The summed E-state index contributed by atoms with van der Waals surface area (Å²) in [7, 11) is -3.57. The van der Waals surface area contributed by atoms with Gasteiger partial charge < -0.3 is 5.73 Å². The highest BCUT2D eigenvalue weighted by Gasteiger charge is 2.17. The van der Waals surface area contributed by atoms with Crippen molar-refractivity contribution < 1.29 is 8.42 Å². The van der Waals surface area contributed by atoms with Crippen molar-refractivity contribution in [3.05, 3.63) is 24.0 Å². The van der Waals surface area contributed by atoms with Gasteiger partial charge in [0.05, 0.1) is 0 Å². The average Bonchev–Trinajstić information content (AvgIpc) is 2.82. The number of hydrogen-bond acceptors (Lipinski definition) is 8. The zero-order chi connectivity index (χ0) is 15.2. The monoisotopic (exact) mass is 305 g/mol. The standard InChI is InChI=1S/C11H11N7O2S/c1-6-5-7(3-4-13-6)8-14-10-16-11(21(2,19)20)15-9(12)18(10)17-8/h3-5H,1-2H3,(H2,12,14,15,16,17). The lowest BCUT2D eigenvalue weighted by molar-refractivity contribution is 0.592. The summed E-state index contributed by atoms with van der Waals surface area (Å²) in [5, 5.41) is 3.80. The zero-order valence-corrected chi connectivity index (χ0v) is 12.0. The lowest BCUT2D eigenvalue weighted by Gasteiger charge is -1.99. The number of nitrogens with zero attached hydrogens (tertiary/aromatic N) is 6. The number of hydrogen-bond donors (Lipinski definition) is 1. The molecule has 108 valence electrons. The van der Waals surface area contributed by atoms with E-state index in [2.05, 4.69) is 25.0 Å². The first-order valence-electron chi connectivity index (χ1n) is 5.88. The third-order valence-electron chi connectivity index (χ3n) is 2.70. The maximum atomic E-state index is 11.5. The van der Waals surface area contributed by atoms with Crippen LogP contribution < -0.4 is 5.73 Å². The summed E-state index contributed by atoms with van der Waals surface area (Å²) in [5.74, 6) is 0.351. The zero-order valence-electron chi connectivity index (χ0n) is 11.2. The summed E-state index contributed by atoms with van der Waals surface area (Å²) in [6.07, 6.45) is 2.63. The largest absolute Gasteiger partial charge is 0.368 e. The fraction of sp³-hybridized carbons (Fsp3) is 0.182. The second-order valence-corrected chi connectivity index (χ2v) is 6.38. The minimum atomic E-state index is -3.57. The fourth-order valence-corrected chi connectivity index (χ4v) is 2.27. The van der Waals surface area contributed by atoms with E-state index in [1.165, 1.54) is 4.52 Å². The molecule has 0 spiro atoms. The number of anilines is 1. The van der Waals surface area contributed by atoms with Crippen molar-refractivity contribution in [3.8, 4) is 11.4 Å². The Labute approximate surface area is 119 Å². The number of aromatic nitrogens is 6. The van der Waals surface area contributed by atoms with E-state index in [0.29, 0.717) is 5.82 Å². The van der Waals surface area contributed by atoms with Crippen molar-refractivity contribution in [1.82, 2.24) is 29.5 Å². The highest BCUT2D eigenvalue weighted by molar-refractivity contribution is 7.90. The summed E-state index contributed by atoms with van der Waals surface area (Å²) in [4.78, 5) is 15.9. The molecule has 0 aliphatic rings. The van der Waals surface area contributed by atoms with Crippen LogP contribution in [0, 0.1) is 6.92 Å². The van der Waals surface area contributed by atoms with Crippen LogP contribution >= 0.6 is 0 Å². The molecule has 0 amide bonds. The van der Waals surface area contributed by atoms with E-state index in [4.69, 9.17) is 5.73 Å². The molecule has 0 saturated carbocycles. The van der Waals surface area contributed by atoms with Gasteiger partial charge in [-0.25, -0.2) is 8.42 Å². The summed E-state index contributed by atoms with van der Waals surface area (Å²) in [6.45, 7) is 1.84. The van der Waals surface area contributed by atoms with E-state index in [0.717, 1.165) is 17.5 Å². The summed E-state index contributed by atoms with van der Waals surface area (Å²) in [5.41, 5.74) is 7.25. The van der Waals surface area contributed by atoms with Crippen LogP contribution in [0.3, 0.4) is 0 Å². The van der Waals surface area contributed by atoms with Gasteiger partial charge in [-0.2, -0.15) is 19.5 Å². The highest BCUT2D eigenvalue weighted by Crippen LogP contribution is 2.17. The second kappa shape index (κ2) is 4.45. The number of fused-ring (bicyclic) bond motifs is 1. The van der Waals surface area contributed by atoms with Gasteiger partial charge in [0.1, 0.15) is 0 Å². The van der Waals surface area contributed by atoms with Crippen LogP contribution in [0.4, 0.5) is 5.95 Å². The Balaban J connectivity index is 2.23. The third-order valence-corrected chi connectivity index (χ3v) is 3.55. The minimum absolute atomic E-state index is 0.0763. The van der Waals surface area contributed by atoms with Gasteiger partial charge in [0.2, 0.25) is 15.8 Å². The first-order chi connectivity index (χ1) is 9.84. The number of sulfone groups is 1. The lowest BCUT2D eigenvalue weighted by atomic mass is 10.2. The highest BCUT2D eigenvalue weighted by atomic mass is 32.2. The van der Waals surface area contributed by atoms with Crippen LogP contribution in [-0.4, -0.2) is 44.2 Å². The van der Waals surface area contributed by atoms with Gasteiger partial charge in [-0.15, -0.1) is 5.10 Å². The molecule has 10 heteroatoms. The predicted octanol–water partition coefficient (Wildman–Crippen LogP) is -0.125. The van der Waals surface area contributed by atoms with E-state index in [9.17, 15) is 8.42 Å². The molecule has 9 nitrogen and oxygen atoms in total. The van der Waals surface area contributed by atoms with Crippen LogP contribution in [0.5, 0.6) is 0 Å². The predicted molar refractivity (Wildman–Crippen MR) is 74.1 cm³/mol. The Morgan fingerprint density at radius 3 is 2.67 bits per heavy atom. The summed E-state index contributed by atoms with van der Waals surface area (Å²) in [6, 6.07) is 3.54. The molecule has 0 atom stereocenters. The maximum Gasteiger partial charge on any atom is 0.258 e. The Morgan fingerprint density at radius 2 is 2.00 bits per heavy atom. The first kappa shape index (κ1) is 13.4. The van der Waals surface area contributed by atoms with Gasteiger partial charge in [0.15, 0.2) is 5.82 Å². The molecular formula is C11H11N7O2S. The number of nitrogens with two attached hydrogens (primary N) is 1. The molecule has 2 N–H and O–H groups in total. The van der Waals surface area contributed by atoms with Gasteiger partial charge in [-0.05, 0) is 19.1 Å². The first-order valence-corrected chi connectivity index (χ1v) is 7.77. The molecule has 0 fully saturated rings. The molecule has 0 saturated heterocycles. The molecule has 0 unspecified atom stereocenters. The minimum Gasteiger partial charge on any atom is -0.368 e.